The lowest BCUT2D eigenvalue weighted by Gasteiger charge is -2.03. The molecule has 2 aromatic rings. The Morgan fingerprint density at radius 3 is 2.81 bits per heavy atom. The Kier molecular flexibility index (Phi) is 3.84. The van der Waals surface area contributed by atoms with Gasteiger partial charge in [0.25, 0.3) is 0 Å². The first-order chi connectivity index (χ1) is 7.65. The molecule has 1 heterocycles. The smallest absolute Gasteiger partial charge is 0.124 e. The number of aromatic nitrogens is 1. The summed E-state index contributed by atoms with van der Waals surface area (Å²) >= 11 is 10.6. The molecular weight excluding hydrogens is 313 g/mol. The van der Waals surface area contributed by atoms with Crippen LogP contribution >= 0.6 is 39.3 Å². The lowest BCUT2D eigenvalue weighted by Crippen LogP contribution is -1.82. The molecule has 0 spiro atoms. The molecule has 1 aromatic heterocycles. The summed E-state index contributed by atoms with van der Waals surface area (Å²) in [5.41, 5.74) is 0. The number of hydrogen-bond acceptors (Lipinski definition) is 2. The molecule has 0 bridgehead atoms. The van der Waals surface area contributed by atoms with Crippen LogP contribution < -0.4 is 0 Å². The highest BCUT2D eigenvalue weighted by Gasteiger charge is 2.05. The SMILES string of the molecule is Fc1cccc(Sc2ncc(Br)cc2Cl)c1. The van der Waals surface area contributed by atoms with E-state index in [2.05, 4.69) is 20.9 Å². The molecule has 0 saturated heterocycles. The molecule has 0 aliphatic carbocycles. The van der Waals surface area contributed by atoms with Crippen LogP contribution in [0.15, 0.2) is 50.9 Å². The first kappa shape index (κ1) is 11.9. The van der Waals surface area contributed by atoms with E-state index >= 15 is 0 Å². The summed E-state index contributed by atoms with van der Waals surface area (Å²) in [5, 5.41) is 1.21. The van der Waals surface area contributed by atoms with Crippen LogP contribution in [0.5, 0.6) is 0 Å². The predicted molar refractivity (Wildman–Crippen MR) is 67.5 cm³/mol. The fourth-order valence-electron chi connectivity index (χ4n) is 1.12. The van der Waals surface area contributed by atoms with Crippen LogP contribution in [0.3, 0.4) is 0 Å². The highest BCUT2D eigenvalue weighted by atomic mass is 79.9. The predicted octanol–water partition coefficient (Wildman–Crippen LogP) is 4.79. The maximum atomic E-state index is 13.0. The zero-order valence-electron chi connectivity index (χ0n) is 7.95. The minimum absolute atomic E-state index is 0.266. The van der Waals surface area contributed by atoms with Crippen LogP contribution in [0.25, 0.3) is 0 Å². The van der Waals surface area contributed by atoms with E-state index in [1.165, 1.54) is 23.9 Å². The lowest BCUT2D eigenvalue weighted by atomic mass is 10.4. The third-order valence-electron chi connectivity index (χ3n) is 1.78. The van der Waals surface area contributed by atoms with Crippen molar-refractivity contribution in [3.8, 4) is 0 Å². The van der Waals surface area contributed by atoms with E-state index in [0.717, 1.165) is 9.37 Å². The second-order valence-electron chi connectivity index (χ2n) is 3.00. The Morgan fingerprint density at radius 2 is 2.12 bits per heavy atom. The molecule has 0 saturated carbocycles. The molecule has 1 nitrogen and oxygen atoms in total. The Labute approximate surface area is 110 Å². The van der Waals surface area contributed by atoms with Crippen molar-refractivity contribution in [2.45, 2.75) is 9.92 Å². The highest BCUT2D eigenvalue weighted by molar-refractivity contribution is 9.10. The molecule has 0 atom stereocenters. The standard InChI is InChI=1S/C11H6BrClFNS/c12-7-4-10(13)11(15-6-7)16-9-3-1-2-8(14)5-9/h1-6H. The van der Waals surface area contributed by atoms with Gasteiger partial charge in [-0.05, 0) is 40.2 Å². The molecule has 0 fully saturated rings. The molecule has 0 aliphatic heterocycles. The second-order valence-corrected chi connectivity index (χ2v) is 5.39. The first-order valence-electron chi connectivity index (χ1n) is 4.39. The van der Waals surface area contributed by atoms with Crippen molar-refractivity contribution in [2.75, 3.05) is 0 Å². The van der Waals surface area contributed by atoms with Crippen molar-refractivity contribution >= 4 is 39.3 Å². The van der Waals surface area contributed by atoms with E-state index in [4.69, 9.17) is 11.6 Å². The van der Waals surface area contributed by atoms with E-state index in [9.17, 15) is 4.39 Å². The van der Waals surface area contributed by atoms with Gasteiger partial charge in [0.2, 0.25) is 0 Å². The molecule has 5 heteroatoms. The topological polar surface area (TPSA) is 12.9 Å². The average Bonchev–Trinajstić information content (AvgIpc) is 2.22. The van der Waals surface area contributed by atoms with Gasteiger partial charge in [-0.2, -0.15) is 0 Å². The van der Waals surface area contributed by atoms with Gasteiger partial charge < -0.3 is 0 Å². The Hall–Kier alpha value is -0.580. The molecule has 0 aliphatic rings. The molecule has 82 valence electrons. The molecule has 0 N–H and O–H groups in total. The van der Waals surface area contributed by atoms with Crippen LogP contribution in [-0.2, 0) is 0 Å². The summed E-state index contributed by atoms with van der Waals surface area (Å²) in [6, 6.07) is 8.08. The highest BCUT2D eigenvalue weighted by Crippen LogP contribution is 2.32. The fourth-order valence-corrected chi connectivity index (χ4v) is 2.67. The summed E-state index contributed by atoms with van der Waals surface area (Å²) in [6.45, 7) is 0. The van der Waals surface area contributed by atoms with E-state index in [1.54, 1.807) is 18.3 Å². The first-order valence-corrected chi connectivity index (χ1v) is 6.38. The van der Waals surface area contributed by atoms with Gasteiger partial charge in [0, 0.05) is 15.6 Å². The molecular formula is C11H6BrClFNS. The second kappa shape index (κ2) is 5.17. The van der Waals surface area contributed by atoms with Gasteiger partial charge in [-0.25, -0.2) is 9.37 Å². The quantitative estimate of drug-likeness (QED) is 0.790. The lowest BCUT2D eigenvalue weighted by molar-refractivity contribution is 0.624. The summed E-state index contributed by atoms with van der Waals surface area (Å²) in [4.78, 5) is 4.94. The van der Waals surface area contributed by atoms with Gasteiger partial charge in [-0.15, -0.1) is 0 Å². The van der Waals surface area contributed by atoms with Crippen LogP contribution in [0.4, 0.5) is 4.39 Å². The van der Waals surface area contributed by atoms with Crippen LogP contribution in [0.2, 0.25) is 5.02 Å². The fraction of sp³-hybridized carbons (Fsp3) is 0. The zero-order valence-corrected chi connectivity index (χ0v) is 11.1. The van der Waals surface area contributed by atoms with Crippen molar-refractivity contribution in [3.05, 3.63) is 51.8 Å². The van der Waals surface area contributed by atoms with Gasteiger partial charge in [-0.3, -0.25) is 0 Å². The van der Waals surface area contributed by atoms with Gasteiger partial charge in [0.1, 0.15) is 10.8 Å². The van der Waals surface area contributed by atoms with Crippen LogP contribution in [0, 0.1) is 5.82 Å². The van der Waals surface area contributed by atoms with Crippen molar-refractivity contribution in [3.63, 3.8) is 0 Å². The van der Waals surface area contributed by atoms with E-state index in [1.807, 2.05) is 6.07 Å². The summed E-state index contributed by atoms with van der Waals surface area (Å²) in [6.07, 6.45) is 1.66. The van der Waals surface area contributed by atoms with Gasteiger partial charge in [0.15, 0.2) is 0 Å². The van der Waals surface area contributed by atoms with Crippen LogP contribution in [-0.4, -0.2) is 4.98 Å². The third kappa shape index (κ3) is 2.97. The average molecular weight is 319 g/mol. The number of benzene rings is 1. The van der Waals surface area contributed by atoms with E-state index in [0.29, 0.717) is 10.0 Å². The Bertz CT molecular complexity index is 521. The summed E-state index contributed by atoms with van der Waals surface area (Å²) < 4.78 is 13.8. The van der Waals surface area contributed by atoms with Gasteiger partial charge >= 0.3 is 0 Å². The number of nitrogens with zero attached hydrogens (tertiary/aromatic N) is 1. The molecule has 2 rings (SSSR count). The van der Waals surface area contributed by atoms with Crippen LogP contribution in [0.1, 0.15) is 0 Å². The molecule has 0 radical (unpaired) electrons. The summed E-state index contributed by atoms with van der Waals surface area (Å²) in [5.74, 6) is -0.266. The number of hydrogen-bond donors (Lipinski definition) is 0. The van der Waals surface area contributed by atoms with E-state index < -0.39 is 0 Å². The largest absolute Gasteiger partial charge is 0.247 e. The van der Waals surface area contributed by atoms with E-state index in [-0.39, 0.29) is 5.82 Å². The Morgan fingerprint density at radius 1 is 1.31 bits per heavy atom. The normalized spacial score (nSPS) is 10.4. The number of rotatable bonds is 2. The molecule has 16 heavy (non-hydrogen) atoms. The van der Waals surface area contributed by atoms with Crippen molar-refractivity contribution < 1.29 is 4.39 Å². The maximum absolute atomic E-state index is 13.0. The maximum Gasteiger partial charge on any atom is 0.124 e. The van der Waals surface area contributed by atoms with Gasteiger partial charge in [-0.1, -0.05) is 29.4 Å². The summed E-state index contributed by atoms with van der Waals surface area (Å²) in [7, 11) is 0. The van der Waals surface area contributed by atoms with Crippen molar-refractivity contribution in [2.24, 2.45) is 0 Å². The monoisotopic (exact) mass is 317 g/mol. The minimum atomic E-state index is -0.266. The molecule has 0 amide bonds. The third-order valence-corrected chi connectivity index (χ3v) is 3.63. The number of halogens is 3. The Balaban J connectivity index is 2.27. The van der Waals surface area contributed by atoms with Crippen molar-refractivity contribution in [1.82, 2.24) is 4.98 Å². The minimum Gasteiger partial charge on any atom is -0.247 e. The number of pyridine rings is 1. The zero-order chi connectivity index (χ0) is 11.5. The van der Waals surface area contributed by atoms with Gasteiger partial charge in [0.05, 0.1) is 5.02 Å². The van der Waals surface area contributed by atoms with Crippen molar-refractivity contribution in [1.29, 1.82) is 0 Å². The molecule has 1 aromatic carbocycles. The molecule has 0 unspecified atom stereocenters.